The van der Waals surface area contributed by atoms with E-state index in [1.807, 2.05) is 12.1 Å². The van der Waals surface area contributed by atoms with Crippen LogP contribution in [0.1, 0.15) is 5.56 Å². The maximum Gasteiger partial charge on any atom is 0.265 e. The number of aromatic nitrogens is 1. The van der Waals surface area contributed by atoms with Crippen molar-refractivity contribution in [3.05, 3.63) is 61.9 Å². The highest BCUT2D eigenvalue weighted by Gasteiger charge is 2.03. The predicted molar refractivity (Wildman–Crippen MR) is 73.4 cm³/mol. The van der Waals surface area contributed by atoms with Crippen LogP contribution in [0.5, 0.6) is 0 Å². The Labute approximate surface area is 112 Å². The minimum atomic E-state index is -0.0685. The van der Waals surface area contributed by atoms with Gasteiger partial charge in [-0.3, -0.25) is 4.79 Å². The summed E-state index contributed by atoms with van der Waals surface area (Å²) in [7, 11) is 0. The molecule has 0 unspecified atom stereocenters. The Morgan fingerprint density at radius 1 is 1.35 bits per heavy atom. The third-order valence-electron chi connectivity index (χ3n) is 2.39. The first-order chi connectivity index (χ1) is 8.08. The van der Waals surface area contributed by atoms with Gasteiger partial charge in [0.05, 0.1) is 21.7 Å². The molecule has 1 aromatic carbocycles. The van der Waals surface area contributed by atoms with E-state index in [2.05, 4.69) is 15.9 Å². The maximum absolute atomic E-state index is 11.8. The van der Waals surface area contributed by atoms with Gasteiger partial charge in [-0.25, -0.2) is 0 Å². The van der Waals surface area contributed by atoms with Gasteiger partial charge in [-0.15, -0.1) is 0 Å². The van der Waals surface area contributed by atoms with Crippen LogP contribution in [0.2, 0.25) is 5.02 Å². The van der Waals surface area contributed by atoms with Gasteiger partial charge < -0.3 is 10.3 Å². The van der Waals surface area contributed by atoms with Crippen molar-refractivity contribution in [3.63, 3.8) is 0 Å². The summed E-state index contributed by atoms with van der Waals surface area (Å²) in [6, 6.07) is 8.89. The van der Waals surface area contributed by atoms with Crippen LogP contribution in [-0.4, -0.2) is 4.57 Å². The van der Waals surface area contributed by atoms with E-state index < -0.39 is 0 Å². The first-order valence-corrected chi connectivity index (χ1v) is 6.14. The zero-order valence-corrected chi connectivity index (χ0v) is 11.2. The first kappa shape index (κ1) is 12.2. The highest BCUT2D eigenvalue weighted by atomic mass is 79.9. The number of nitrogens with two attached hydrogens (primary N) is 1. The summed E-state index contributed by atoms with van der Waals surface area (Å²) in [5.41, 5.74) is 7.10. The monoisotopic (exact) mass is 312 g/mol. The average Bonchev–Trinajstić information content (AvgIpc) is 2.30. The van der Waals surface area contributed by atoms with Gasteiger partial charge >= 0.3 is 0 Å². The minimum absolute atomic E-state index is 0.0685. The third-order valence-corrected chi connectivity index (χ3v) is 3.33. The Hall–Kier alpha value is -1.26. The lowest BCUT2D eigenvalue weighted by atomic mass is 10.2. The Bertz CT molecular complexity index is 610. The van der Waals surface area contributed by atoms with Crippen molar-refractivity contribution in [1.82, 2.24) is 4.57 Å². The van der Waals surface area contributed by atoms with Crippen LogP contribution in [0, 0.1) is 0 Å². The van der Waals surface area contributed by atoms with Crippen LogP contribution >= 0.6 is 27.5 Å². The molecule has 0 saturated carbocycles. The smallest absolute Gasteiger partial charge is 0.265 e. The molecular formula is C12H10BrClN2O. The summed E-state index contributed by atoms with van der Waals surface area (Å²) >= 11 is 9.05. The zero-order chi connectivity index (χ0) is 12.4. The van der Waals surface area contributed by atoms with Crippen molar-refractivity contribution in [2.24, 2.45) is 0 Å². The number of nitrogens with zero attached hydrogens (tertiary/aromatic N) is 1. The topological polar surface area (TPSA) is 48.0 Å². The second-order valence-corrected chi connectivity index (χ2v) is 4.91. The van der Waals surface area contributed by atoms with Crippen molar-refractivity contribution in [3.8, 4) is 0 Å². The van der Waals surface area contributed by atoms with E-state index in [9.17, 15) is 4.79 Å². The standard InChI is InChI=1S/C12H10BrClN2O/c13-9-2-1-5-16(12(9)17)7-8-3-4-10(14)11(15)6-8/h1-6H,7,15H2. The zero-order valence-electron chi connectivity index (χ0n) is 8.86. The number of hydrogen-bond donors (Lipinski definition) is 1. The van der Waals surface area contributed by atoms with Gasteiger partial charge in [-0.2, -0.15) is 0 Å². The minimum Gasteiger partial charge on any atom is -0.398 e. The maximum atomic E-state index is 11.8. The lowest BCUT2D eigenvalue weighted by Crippen LogP contribution is -2.20. The largest absolute Gasteiger partial charge is 0.398 e. The Balaban J connectivity index is 2.35. The average molecular weight is 314 g/mol. The molecule has 3 nitrogen and oxygen atoms in total. The van der Waals surface area contributed by atoms with E-state index in [4.69, 9.17) is 17.3 Å². The number of nitrogen functional groups attached to an aromatic ring is 1. The van der Waals surface area contributed by atoms with Gasteiger partial charge in [0.15, 0.2) is 0 Å². The molecule has 0 radical (unpaired) electrons. The van der Waals surface area contributed by atoms with Crippen molar-refractivity contribution >= 4 is 33.2 Å². The Kier molecular flexibility index (Phi) is 3.54. The molecule has 2 aromatic rings. The van der Waals surface area contributed by atoms with Crippen molar-refractivity contribution in [2.75, 3.05) is 5.73 Å². The SMILES string of the molecule is Nc1cc(Cn2cccc(Br)c2=O)ccc1Cl. The summed E-state index contributed by atoms with van der Waals surface area (Å²) < 4.78 is 2.15. The number of anilines is 1. The normalized spacial score (nSPS) is 10.5. The lowest BCUT2D eigenvalue weighted by molar-refractivity contribution is 0.755. The second kappa shape index (κ2) is 4.94. The number of rotatable bonds is 2. The van der Waals surface area contributed by atoms with Crippen LogP contribution < -0.4 is 11.3 Å². The molecule has 0 aliphatic carbocycles. The molecular weight excluding hydrogens is 304 g/mol. The first-order valence-electron chi connectivity index (χ1n) is 4.97. The lowest BCUT2D eigenvalue weighted by Gasteiger charge is -2.07. The number of benzene rings is 1. The molecule has 5 heteroatoms. The molecule has 2 rings (SSSR count). The number of hydrogen-bond acceptors (Lipinski definition) is 2. The molecule has 2 N–H and O–H groups in total. The molecule has 0 atom stereocenters. The quantitative estimate of drug-likeness (QED) is 0.867. The molecule has 0 saturated heterocycles. The van der Waals surface area contributed by atoms with Gasteiger partial charge in [-0.05, 0) is 45.8 Å². The van der Waals surface area contributed by atoms with E-state index in [0.29, 0.717) is 21.7 Å². The number of pyridine rings is 1. The van der Waals surface area contributed by atoms with E-state index in [1.54, 1.807) is 29.0 Å². The number of halogens is 2. The predicted octanol–water partition coefficient (Wildman–Crippen LogP) is 2.89. The van der Waals surface area contributed by atoms with Gasteiger partial charge in [-0.1, -0.05) is 17.7 Å². The fourth-order valence-electron chi connectivity index (χ4n) is 1.52. The summed E-state index contributed by atoms with van der Waals surface area (Å²) in [4.78, 5) is 11.8. The molecule has 0 aliphatic heterocycles. The van der Waals surface area contributed by atoms with Gasteiger partial charge in [0.2, 0.25) is 0 Å². The molecule has 1 aromatic heterocycles. The van der Waals surface area contributed by atoms with Gasteiger partial charge in [0.1, 0.15) is 0 Å². The van der Waals surface area contributed by atoms with Crippen LogP contribution in [0.4, 0.5) is 5.69 Å². The Morgan fingerprint density at radius 3 is 2.82 bits per heavy atom. The van der Waals surface area contributed by atoms with Gasteiger partial charge in [0, 0.05) is 6.20 Å². The molecule has 0 aliphatic rings. The van der Waals surface area contributed by atoms with Crippen LogP contribution in [0.3, 0.4) is 0 Å². The second-order valence-electron chi connectivity index (χ2n) is 3.65. The Morgan fingerprint density at radius 2 is 2.12 bits per heavy atom. The van der Waals surface area contributed by atoms with Crippen molar-refractivity contribution < 1.29 is 0 Å². The summed E-state index contributed by atoms with van der Waals surface area (Å²) in [5, 5.41) is 0.523. The molecule has 0 bridgehead atoms. The van der Waals surface area contributed by atoms with Crippen LogP contribution in [0.25, 0.3) is 0 Å². The highest BCUT2D eigenvalue weighted by molar-refractivity contribution is 9.10. The fraction of sp³-hybridized carbons (Fsp3) is 0.0833. The summed E-state index contributed by atoms with van der Waals surface area (Å²) in [6.07, 6.45) is 1.73. The van der Waals surface area contributed by atoms with E-state index in [0.717, 1.165) is 5.56 Å². The van der Waals surface area contributed by atoms with E-state index in [1.165, 1.54) is 0 Å². The van der Waals surface area contributed by atoms with Crippen molar-refractivity contribution in [2.45, 2.75) is 6.54 Å². The van der Waals surface area contributed by atoms with Crippen molar-refractivity contribution in [1.29, 1.82) is 0 Å². The molecule has 0 spiro atoms. The molecule has 17 heavy (non-hydrogen) atoms. The molecule has 88 valence electrons. The molecule has 0 amide bonds. The van der Waals surface area contributed by atoms with Crippen LogP contribution in [0.15, 0.2) is 45.8 Å². The third kappa shape index (κ3) is 2.70. The molecule has 1 heterocycles. The van der Waals surface area contributed by atoms with Crippen LogP contribution in [-0.2, 0) is 6.54 Å². The highest BCUT2D eigenvalue weighted by Crippen LogP contribution is 2.19. The van der Waals surface area contributed by atoms with E-state index >= 15 is 0 Å². The van der Waals surface area contributed by atoms with Gasteiger partial charge in [0.25, 0.3) is 5.56 Å². The fourth-order valence-corrected chi connectivity index (χ4v) is 2.02. The summed E-state index contributed by atoms with van der Waals surface area (Å²) in [6.45, 7) is 0.472. The summed E-state index contributed by atoms with van der Waals surface area (Å²) in [5.74, 6) is 0. The van der Waals surface area contributed by atoms with E-state index in [-0.39, 0.29) is 5.56 Å². The molecule has 0 fully saturated rings.